The van der Waals surface area contributed by atoms with Crippen LogP contribution in [0, 0.1) is 0 Å². The van der Waals surface area contributed by atoms with E-state index >= 15 is 0 Å². The van der Waals surface area contributed by atoms with Gasteiger partial charge >= 0.3 is 0 Å². The SMILES string of the molecule is COc1cccc(OC)c1-c1cccc2c1OC[C@@H](N(C)C)C2. The zero-order chi connectivity index (χ0) is 16.4. The van der Waals surface area contributed by atoms with Crippen molar-refractivity contribution in [3.63, 3.8) is 0 Å². The first-order chi connectivity index (χ1) is 11.2. The first-order valence-corrected chi connectivity index (χ1v) is 7.78. The molecular weight excluding hydrogens is 290 g/mol. The predicted octanol–water partition coefficient (Wildman–Crippen LogP) is 3.24. The summed E-state index contributed by atoms with van der Waals surface area (Å²) in [5.41, 5.74) is 3.19. The molecule has 1 aliphatic heterocycles. The van der Waals surface area contributed by atoms with E-state index in [1.807, 2.05) is 18.2 Å². The molecule has 0 spiro atoms. The smallest absolute Gasteiger partial charge is 0.130 e. The van der Waals surface area contributed by atoms with Crippen LogP contribution < -0.4 is 14.2 Å². The van der Waals surface area contributed by atoms with Crippen LogP contribution in [0.15, 0.2) is 36.4 Å². The zero-order valence-corrected chi connectivity index (χ0v) is 14.1. The number of para-hydroxylation sites is 1. The van der Waals surface area contributed by atoms with Crippen LogP contribution in [0.2, 0.25) is 0 Å². The molecule has 23 heavy (non-hydrogen) atoms. The molecule has 4 heteroatoms. The molecule has 0 N–H and O–H groups in total. The molecule has 122 valence electrons. The van der Waals surface area contributed by atoms with Crippen molar-refractivity contribution in [3.8, 4) is 28.4 Å². The molecule has 2 aromatic carbocycles. The van der Waals surface area contributed by atoms with E-state index in [2.05, 4.69) is 37.2 Å². The average molecular weight is 313 g/mol. The number of ether oxygens (including phenoxy) is 3. The topological polar surface area (TPSA) is 30.9 Å². The Labute approximate surface area is 137 Å². The minimum atomic E-state index is 0.400. The highest BCUT2D eigenvalue weighted by Crippen LogP contribution is 2.45. The molecule has 0 fully saturated rings. The van der Waals surface area contributed by atoms with Gasteiger partial charge in [0, 0.05) is 11.6 Å². The third-order valence-electron chi connectivity index (χ3n) is 4.40. The van der Waals surface area contributed by atoms with E-state index in [4.69, 9.17) is 14.2 Å². The van der Waals surface area contributed by atoms with Gasteiger partial charge in [-0.25, -0.2) is 0 Å². The lowest BCUT2D eigenvalue weighted by Crippen LogP contribution is -2.38. The summed E-state index contributed by atoms with van der Waals surface area (Å²) >= 11 is 0. The lowest BCUT2D eigenvalue weighted by atomic mass is 9.94. The number of benzene rings is 2. The predicted molar refractivity (Wildman–Crippen MR) is 91.7 cm³/mol. The number of fused-ring (bicyclic) bond motifs is 1. The van der Waals surface area contributed by atoms with Gasteiger partial charge in [0.2, 0.25) is 0 Å². The molecule has 0 amide bonds. The highest BCUT2D eigenvalue weighted by atomic mass is 16.5. The molecule has 0 unspecified atom stereocenters. The highest BCUT2D eigenvalue weighted by molar-refractivity contribution is 5.82. The Hall–Kier alpha value is -2.20. The molecule has 1 atom stereocenters. The lowest BCUT2D eigenvalue weighted by Gasteiger charge is -2.31. The van der Waals surface area contributed by atoms with Gasteiger partial charge in [0.15, 0.2) is 0 Å². The monoisotopic (exact) mass is 313 g/mol. The molecule has 0 bridgehead atoms. The maximum absolute atomic E-state index is 6.13. The van der Waals surface area contributed by atoms with E-state index in [9.17, 15) is 0 Å². The van der Waals surface area contributed by atoms with Crippen LogP contribution in [-0.2, 0) is 6.42 Å². The molecule has 3 rings (SSSR count). The Morgan fingerprint density at radius 2 is 1.65 bits per heavy atom. The van der Waals surface area contributed by atoms with E-state index < -0.39 is 0 Å². The molecular formula is C19H23NO3. The van der Waals surface area contributed by atoms with Crippen LogP contribution in [0.4, 0.5) is 0 Å². The third-order valence-corrected chi connectivity index (χ3v) is 4.40. The van der Waals surface area contributed by atoms with Gasteiger partial charge < -0.3 is 19.1 Å². The fourth-order valence-corrected chi connectivity index (χ4v) is 3.05. The number of methoxy groups -OCH3 is 2. The van der Waals surface area contributed by atoms with Crippen LogP contribution in [0.3, 0.4) is 0 Å². The molecule has 0 saturated carbocycles. The van der Waals surface area contributed by atoms with E-state index in [0.29, 0.717) is 12.6 Å². The van der Waals surface area contributed by atoms with E-state index in [1.54, 1.807) is 14.2 Å². The second-order valence-corrected chi connectivity index (χ2v) is 5.96. The van der Waals surface area contributed by atoms with Crippen molar-refractivity contribution >= 4 is 0 Å². The van der Waals surface area contributed by atoms with Crippen molar-refractivity contribution in [2.45, 2.75) is 12.5 Å². The van der Waals surface area contributed by atoms with Crippen LogP contribution in [0.25, 0.3) is 11.1 Å². The number of rotatable bonds is 4. The van der Waals surface area contributed by atoms with E-state index in [1.165, 1.54) is 5.56 Å². The van der Waals surface area contributed by atoms with Crippen LogP contribution >= 0.6 is 0 Å². The molecule has 0 aromatic heterocycles. The fraction of sp³-hybridized carbons (Fsp3) is 0.368. The minimum absolute atomic E-state index is 0.400. The maximum atomic E-state index is 6.13. The summed E-state index contributed by atoms with van der Waals surface area (Å²) in [6.45, 7) is 0.689. The Bertz CT molecular complexity index is 675. The van der Waals surface area contributed by atoms with Gasteiger partial charge in [-0.15, -0.1) is 0 Å². The summed E-state index contributed by atoms with van der Waals surface area (Å²) in [5, 5.41) is 0. The van der Waals surface area contributed by atoms with Gasteiger partial charge in [0.05, 0.1) is 19.8 Å². The normalized spacial score (nSPS) is 16.7. The zero-order valence-electron chi connectivity index (χ0n) is 14.1. The third kappa shape index (κ3) is 2.86. The summed E-state index contributed by atoms with van der Waals surface area (Å²) < 4.78 is 17.2. The summed E-state index contributed by atoms with van der Waals surface area (Å²) in [7, 11) is 7.53. The van der Waals surface area contributed by atoms with Crippen LogP contribution in [0.1, 0.15) is 5.56 Å². The van der Waals surface area contributed by atoms with Gasteiger partial charge in [-0.1, -0.05) is 24.3 Å². The van der Waals surface area contributed by atoms with Crippen molar-refractivity contribution in [2.75, 3.05) is 34.9 Å². The molecule has 0 saturated heterocycles. The van der Waals surface area contributed by atoms with Gasteiger partial charge in [-0.2, -0.15) is 0 Å². The molecule has 2 aromatic rings. The summed E-state index contributed by atoms with van der Waals surface area (Å²) in [4.78, 5) is 2.21. The van der Waals surface area contributed by atoms with Gasteiger partial charge in [0.25, 0.3) is 0 Å². The van der Waals surface area contributed by atoms with Crippen molar-refractivity contribution < 1.29 is 14.2 Å². The first-order valence-electron chi connectivity index (χ1n) is 7.78. The number of hydrogen-bond donors (Lipinski definition) is 0. The molecule has 1 heterocycles. The molecule has 0 radical (unpaired) electrons. The Morgan fingerprint density at radius 3 is 2.26 bits per heavy atom. The fourth-order valence-electron chi connectivity index (χ4n) is 3.05. The molecule has 0 aliphatic carbocycles. The quantitative estimate of drug-likeness (QED) is 0.867. The van der Waals surface area contributed by atoms with Crippen molar-refractivity contribution in [1.82, 2.24) is 4.90 Å². The lowest BCUT2D eigenvalue weighted by molar-refractivity contribution is 0.165. The Balaban J connectivity index is 2.12. The number of likely N-dealkylation sites (N-methyl/N-ethyl adjacent to an activating group) is 1. The van der Waals surface area contributed by atoms with E-state index in [-0.39, 0.29) is 0 Å². The number of nitrogens with zero attached hydrogens (tertiary/aromatic N) is 1. The standard InChI is InChI=1S/C19H23NO3/c1-20(2)14-11-13-7-5-8-15(19(13)23-12-14)18-16(21-3)9-6-10-17(18)22-4/h5-10,14H,11-12H2,1-4H3/t14-/m0/s1. The summed E-state index contributed by atoms with van der Waals surface area (Å²) in [5.74, 6) is 2.51. The van der Waals surface area contributed by atoms with Crippen molar-refractivity contribution in [2.24, 2.45) is 0 Å². The van der Waals surface area contributed by atoms with E-state index in [0.717, 1.165) is 34.8 Å². The second-order valence-electron chi connectivity index (χ2n) is 5.96. The van der Waals surface area contributed by atoms with Gasteiger partial charge in [-0.05, 0) is 38.2 Å². The van der Waals surface area contributed by atoms with Crippen molar-refractivity contribution in [3.05, 3.63) is 42.0 Å². The average Bonchev–Trinajstić information content (AvgIpc) is 2.59. The Kier molecular flexibility index (Phi) is 4.44. The van der Waals surface area contributed by atoms with Crippen molar-refractivity contribution in [1.29, 1.82) is 0 Å². The first kappa shape index (κ1) is 15.7. The summed E-state index contributed by atoms with van der Waals surface area (Å²) in [6, 6.07) is 12.5. The van der Waals surface area contributed by atoms with Gasteiger partial charge in [-0.3, -0.25) is 0 Å². The number of hydrogen-bond acceptors (Lipinski definition) is 4. The maximum Gasteiger partial charge on any atom is 0.130 e. The van der Waals surface area contributed by atoms with Gasteiger partial charge in [0.1, 0.15) is 23.9 Å². The van der Waals surface area contributed by atoms with Crippen LogP contribution in [-0.4, -0.2) is 45.9 Å². The molecule has 4 nitrogen and oxygen atoms in total. The highest BCUT2D eigenvalue weighted by Gasteiger charge is 2.26. The summed E-state index contributed by atoms with van der Waals surface area (Å²) in [6.07, 6.45) is 0.980. The largest absolute Gasteiger partial charge is 0.496 e. The Morgan fingerprint density at radius 1 is 1.00 bits per heavy atom. The minimum Gasteiger partial charge on any atom is -0.496 e. The molecule has 1 aliphatic rings. The van der Waals surface area contributed by atoms with Crippen LogP contribution in [0.5, 0.6) is 17.2 Å². The second kappa shape index (κ2) is 6.50.